The summed E-state index contributed by atoms with van der Waals surface area (Å²) in [4.78, 5) is 23.1. The van der Waals surface area contributed by atoms with Crippen LogP contribution in [-0.4, -0.2) is 54.3 Å². The van der Waals surface area contributed by atoms with Crippen molar-refractivity contribution in [3.8, 4) is 0 Å². The minimum absolute atomic E-state index is 0.0362. The molecule has 8 nitrogen and oxygen atoms in total. The van der Waals surface area contributed by atoms with Crippen molar-refractivity contribution in [2.75, 3.05) is 32.8 Å². The number of methoxy groups -OCH3 is 2. The van der Waals surface area contributed by atoms with E-state index in [4.69, 9.17) is 21.4 Å². The van der Waals surface area contributed by atoms with Crippen LogP contribution >= 0.6 is 11.6 Å². The molecule has 118 valence electrons. The van der Waals surface area contributed by atoms with E-state index in [1.54, 1.807) is 0 Å². The molecule has 0 aliphatic rings. The summed E-state index contributed by atoms with van der Waals surface area (Å²) in [5.41, 5.74) is -0.287. The van der Waals surface area contributed by atoms with Gasteiger partial charge in [0.2, 0.25) is 0 Å². The molecule has 1 atom stereocenters. The van der Waals surface area contributed by atoms with Gasteiger partial charge in [-0.3, -0.25) is 9.59 Å². The largest absolute Gasteiger partial charge is 0.468 e. The SMILES string of the molecule is COCC(CCO)Nc1cnn(CC(=O)OC)c(=O)c1Cl. The Morgan fingerprint density at radius 3 is 2.86 bits per heavy atom. The molecule has 0 radical (unpaired) electrons. The number of hydrogen-bond donors (Lipinski definition) is 2. The Bertz CT molecular complexity index is 528. The fourth-order valence-electron chi connectivity index (χ4n) is 1.64. The molecule has 9 heteroatoms. The van der Waals surface area contributed by atoms with Gasteiger partial charge in [0, 0.05) is 13.7 Å². The first-order chi connectivity index (χ1) is 10.0. The van der Waals surface area contributed by atoms with Gasteiger partial charge in [-0.05, 0) is 6.42 Å². The molecule has 0 saturated carbocycles. The first kappa shape index (κ1) is 17.4. The number of aliphatic hydroxyl groups excluding tert-OH is 1. The van der Waals surface area contributed by atoms with Gasteiger partial charge in [-0.1, -0.05) is 11.6 Å². The fraction of sp³-hybridized carbons (Fsp3) is 0.583. The van der Waals surface area contributed by atoms with Crippen molar-refractivity contribution in [2.24, 2.45) is 0 Å². The third-order valence-corrected chi connectivity index (χ3v) is 3.06. The Balaban J connectivity index is 2.92. The van der Waals surface area contributed by atoms with E-state index in [1.165, 1.54) is 20.4 Å². The van der Waals surface area contributed by atoms with Gasteiger partial charge in [0.15, 0.2) is 0 Å². The van der Waals surface area contributed by atoms with Gasteiger partial charge in [-0.15, -0.1) is 0 Å². The number of halogens is 1. The molecule has 1 aromatic heterocycles. The molecule has 1 unspecified atom stereocenters. The molecule has 0 spiro atoms. The van der Waals surface area contributed by atoms with E-state index in [2.05, 4.69) is 15.2 Å². The molecule has 0 aromatic carbocycles. The average molecular weight is 320 g/mol. The summed E-state index contributed by atoms with van der Waals surface area (Å²) in [5.74, 6) is -0.598. The van der Waals surface area contributed by atoms with E-state index < -0.39 is 11.5 Å². The van der Waals surface area contributed by atoms with Gasteiger partial charge in [-0.25, -0.2) is 4.68 Å². The van der Waals surface area contributed by atoms with Crippen LogP contribution in [0.2, 0.25) is 5.02 Å². The second-order valence-corrected chi connectivity index (χ2v) is 4.60. The van der Waals surface area contributed by atoms with E-state index in [0.717, 1.165) is 4.68 Å². The van der Waals surface area contributed by atoms with E-state index in [9.17, 15) is 9.59 Å². The molecular weight excluding hydrogens is 302 g/mol. The molecule has 0 aliphatic heterocycles. The fourth-order valence-corrected chi connectivity index (χ4v) is 1.84. The first-order valence-electron chi connectivity index (χ1n) is 6.22. The zero-order valence-corrected chi connectivity index (χ0v) is 12.6. The smallest absolute Gasteiger partial charge is 0.327 e. The number of nitrogens with one attached hydrogen (secondary N) is 1. The number of carbonyl (C=O) groups is 1. The summed E-state index contributed by atoms with van der Waals surface area (Å²) in [6.07, 6.45) is 1.77. The topological polar surface area (TPSA) is 103 Å². The molecule has 1 heterocycles. The van der Waals surface area contributed by atoms with Gasteiger partial charge >= 0.3 is 5.97 Å². The number of ether oxygens (including phenoxy) is 2. The highest BCUT2D eigenvalue weighted by Gasteiger charge is 2.15. The molecule has 0 aliphatic carbocycles. The van der Waals surface area contributed by atoms with Crippen LogP contribution in [0.25, 0.3) is 0 Å². The predicted molar refractivity (Wildman–Crippen MR) is 76.5 cm³/mol. The maximum Gasteiger partial charge on any atom is 0.327 e. The van der Waals surface area contributed by atoms with Crippen LogP contribution in [0, 0.1) is 0 Å². The summed E-state index contributed by atoms with van der Waals surface area (Å²) >= 11 is 5.98. The summed E-state index contributed by atoms with van der Waals surface area (Å²) in [6, 6.07) is -0.213. The van der Waals surface area contributed by atoms with Gasteiger partial charge in [-0.2, -0.15) is 5.10 Å². The molecule has 1 aromatic rings. The lowest BCUT2D eigenvalue weighted by atomic mass is 10.2. The second-order valence-electron chi connectivity index (χ2n) is 4.22. The number of rotatable bonds is 8. The molecule has 1 rings (SSSR count). The van der Waals surface area contributed by atoms with Crippen LogP contribution in [0.5, 0.6) is 0 Å². The minimum Gasteiger partial charge on any atom is -0.468 e. The third kappa shape index (κ3) is 5.00. The van der Waals surface area contributed by atoms with Crippen molar-refractivity contribution in [1.29, 1.82) is 0 Å². The van der Waals surface area contributed by atoms with Gasteiger partial charge in [0.25, 0.3) is 5.56 Å². The zero-order chi connectivity index (χ0) is 15.8. The highest BCUT2D eigenvalue weighted by Crippen LogP contribution is 2.17. The van der Waals surface area contributed by atoms with Crippen LogP contribution in [-0.2, 0) is 20.8 Å². The van der Waals surface area contributed by atoms with Crippen LogP contribution < -0.4 is 10.9 Å². The predicted octanol–water partition coefficient (Wildman–Crippen LogP) is -0.121. The van der Waals surface area contributed by atoms with Gasteiger partial charge in [0.1, 0.15) is 11.6 Å². The Morgan fingerprint density at radius 1 is 1.57 bits per heavy atom. The molecule has 0 fully saturated rings. The lowest BCUT2D eigenvalue weighted by Crippen LogP contribution is -2.31. The summed E-state index contributed by atoms with van der Waals surface area (Å²) in [6.45, 7) is -0.0128. The minimum atomic E-state index is -0.604. The van der Waals surface area contributed by atoms with Crippen molar-refractivity contribution in [1.82, 2.24) is 9.78 Å². The van der Waals surface area contributed by atoms with Crippen molar-refractivity contribution in [2.45, 2.75) is 19.0 Å². The number of aromatic nitrogens is 2. The molecule has 0 bridgehead atoms. The highest BCUT2D eigenvalue weighted by atomic mass is 35.5. The summed E-state index contributed by atoms with van der Waals surface area (Å²) < 4.78 is 10.4. The Kier molecular flexibility index (Phi) is 7.13. The number of carbonyl (C=O) groups excluding carboxylic acids is 1. The van der Waals surface area contributed by atoms with E-state index in [-0.39, 0.29) is 24.2 Å². The molecule has 0 saturated heterocycles. The van der Waals surface area contributed by atoms with Crippen LogP contribution in [0.3, 0.4) is 0 Å². The van der Waals surface area contributed by atoms with Gasteiger partial charge in [0.05, 0.1) is 31.6 Å². The zero-order valence-electron chi connectivity index (χ0n) is 11.8. The maximum atomic E-state index is 12.0. The monoisotopic (exact) mass is 319 g/mol. The Hall–Kier alpha value is -1.64. The molecule has 2 N–H and O–H groups in total. The number of hydrogen-bond acceptors (Lipinski definition) is 7. The Labute approximate surface area is 126 Å². The van der Waals surface area contributed by atoms with Crippen molar-refractivity contribution < 1.29 is 19.4 Å². The van der Waals surface area contributed by atoms with E-state index in [0.29, 0.717) is 18.7 Å². The van der Waals surface area contributed by atoms with Crippen LogP contribution in [0.15, 0.2) is 11.0 Å². The summed E-state index contributed by atoms with van der Waals surface area (Å²) in [7, 11) is 2.75. The number of esters is 1. The van der Waals surface area contributed by atoms with Crippen molar-refractivity contribution in [3.05, 3.63) is 21.6 Å². The Morgan fingerprint density at radius 2 is 2.29 bits per heavy atom. The summed E-state index contributed by atoms with van der Waals surface area (Å²) in [5, 5.41) is 15.7. The first-order valence-corrected chi connectivity index (χ1v) is 6.60. The average Bonchev–Trinajstić information content (AvgIpc) is 2.47. The number of anilines is 1. The van der Waals surface area contributed by atoms with Gasteiger partial charge < -0.3 is 19.9 Å². The lowest BCUT2D eigenvalue weighted by Gasteiger charge is -2.18. The quantitative estimate of drug-likeness (QED) is 0.644. The van der Waals surface area contributed by atoms with E-state index in [1.807, 2.05) is 0 Å². The standard InChI is InChI=1S/C12H18ClN3O5/c1-20-7-8(3-4-17)15-9-5-14-16(6-10(18)21-2)12(19)11(9)13/h5,8,15,17H,3-4,6-7H2,1-2H3. The highest BCUT2D eigenvalue weighted by molar-refractivity contribution is 6.32. The molecular formula is C12H18ClN3O5. The van der Waals surface area contributed by atoms with Crippen LogP contribution in [0.4, 0.5) is 5.69 Å². The maximum absolute atomic E-state index is 12.0. The van der Waals surface area contributed by atoms with E-state index >= 15 is 0 Å². The number of nitrogens with zero attached hydrogens (tertiary/aromatic N) is 2. The lowest BCUT2D eigenvalue weighted by molar-refractivity contribution is -0.141. The van der Waals surface area contributed by atoms with Crippen LogP contribution in [0.1, 0.15) is 6.42 Å². The molecule has 0 amide bonds. The third-order valence-electron chi connectivity index (χ3n) is 2.70. The van der Waals surface area contributed by atoms with Crippen molar-refractivity contribution >= 4 is 23.3 Å². The second kappa shape index (κ2) is 8.60. The normalized spacial score (nSPS) is 12.0. The van der Waals surface area contributed by atoms with Crippen molar-refractivity contribution in [3.63, 3.8) is 0 Å². The molecule has 21 heavy (non-hydrogen) atoms. The number of aliphatic hydroxyl groups is 1.